The maximum Gasteiger partial charge on any atom is 0.433 e. The highest BCUT2D eigenvalue weighted by atomic mass is 35.5. The van der Waals surface area contributed by atoms with Crippen molar-refractivity contribution in [3.05, 3.63) is 62.4 Å². The van der Waals surface area contributed by atoms with E-state index in [0.29, 0.717) is 65.5 Å². The number of aliphatic carboxylic acids is 1. The normalized spacial score (nSPS) is 15.9. The fourth-order valence-corrected chi connectivity index (χ4v) is 5.07. The summed E-state index contributed by atoms with van der Waals surface area (Å²) < 4.78 is 41.4. The Kier molecular flexibility index (Phi) is 6.86. The lowest BCUT2D eigenvalue weighted by Crippen LogP contribution is -2.35. The molecule has 2 aromatic heterocycles. The molecule has 1 aromatic carbocycles. The number of fused-ring (bicyclic) bond motifs is 1. The van der Waals surface area contributed by atoms with Crippen molar-refractivity contribution in [2.24, 2.45) is 13.0 Å². The monoisotopic (exact) mass is 513 g/mol. The molecule has 3 heterocycles. The average molecular weight is 514 g/mol. The van der Waals surface area contributed by atoms with Crippen LogP contribution in [0.2, 0.25) is 10.0 Å². The number of alkyl halides is 3. The van der Waals surface area contributed by atoms with Gasteiger partial charge in [0.2, 0.25) is 0 Å². The molecule has 1 aliphatic rings. The van der Waals surface area contributed by atoms with Crippen LogP contribution < -0.4 is 0 Å². The van der Waals surface area contributed by atoms with E-state index in [1.54, 1.807) is 24.6 Å². The van der Waals surface area contributed by atoms with Crippen LogP contribution in [0.15, 0.2) is 24.3 Å². The van der Waals surface area contributed by atoms with Crippen LogP contribution in [0.5, 0.6) is 0 Å². The number of halogens is 5. The summed E-state index contributed by atoms with van der Waals surface area (Å²) in [5, 5.41) is 10.8. The van der Waals surface area contributed by atoms with E-state index in [0.717, 1.165) is 17.3 Å². The maximum atomic E-state index is 13.2. The number of rotatable bonds is 5. The number of benzene rings is 1. The molecule has 182 valence electrons. The summed E-state index contributed by atoms with van der Waals surface area (Å²) in [5.74, 6) is -1.07. The van der Waals surface area contributed by atoms with E-state index in [-0.39, 0.29) is 11.6 Å². The second-order valence-corrected chi connectivity index (χ2v) is 9.60. The molecule has 1 saturated heterocycles. The van der Waals surface area contributed by atoms with Crippen LogP contribution in [0, 0.1) is 12.8 Å². The van der Waals surface area contributed by atoms with Gasteiger partial charge in [0, 0.05) is 36.1 Å². The summed E-state index contributed by atoms with van der Waals surface area (Å²) in [6.45, 7) is 3.54. The number of aryl methyl sites for hydroxylation is 2. The van der Waals surface area contributed by atoms with Gasteiger partial charge in [-0.3, -0.25) is 9.69 Å². The van der Waals surface area contributed by atoms with Gasteiger partial charge in [0.05, 0.1) is 10.9 Å². The molecular formula is C24H24Cl2F3N3O2. The first-order valence-electron chi connectivity index (χ1n) is 10.9. The van der Waals surface area contributed by atoms with Gasteiger partial charge in [-0.25, -0.2) is 4.98 Å². The first-order valence-corrected chi connectivity index (χ1v) is 11.7. The predicted molar refractivity (Wildman–Crippen MR) is 125 cm³/mol. The van der Waals surface area contributed by atoms with Crippen LogP contribution >= 0.6 is 23.2 Å². The maximum absolute atomic E-state index is 13.2. The minimum atomic E-state index is -4.52. The minimum Gasteiger partial charge on any atom is -0.481 e. The van der Waals surface area contributed by atoms with Gasteiger partial charge >= 0.3 is 12.1 Å². The third kappa shape index (κ3) is 4.90. The van der Waals surface area contributed by atoms with Crippen LogP contribution in [0.3, 0.4) is 0 Å². The van der Waals surface area contributed by atoms with E-state index in [4.69, 9.17) is 23.2 Å². The van der Waals surface area contributed by atoms with Crippen molar-refractivity contribution in [2.75, 3.05) is 13.1 Å². The van der Waals surface area contributed by atoms with Crippen molar-refractivity contribution >= 4 is 40.2 Å². The van der Waals surface area contributed by atoms with Crippen molar-refractivity contribution < 1.29 is 23.1 Å². The summed E-state index contributed by atoms with van der Waals surface area (Å²) in [6, 6.07) is 6.52. The number of nitrogens with zero attached hydrogens (tertiary/aromatic N) is 3. The number of hydrogen-bond acceptors (Lipinski definition) is 3. The van der Waals surface area contributed by atoms with Gasteiger partial charge in [0.15, 0.2) is 0 Å². The van der Waals surface area contributed by atoms with E-state index in [1.165, 1.54) is 0 Å². The lowest BCUT2D eigenvalue weighted by molar-refractivity contribution is -0.143. The summed E-state index contributed by atoms with van der Waals surface area (Å²) >= 11 is 13.2. The Morgan fingerprint density at radius 3 is 2.50 bits per heavy atom. The SMILES string of the molecule is Cc1cc(C(F)(F)F)nc2c1cc(Cc1c(Cl)ccc(CN3CCC(C(=O)O)CC3)c1Cl)n2C. The van der Waals surface area contributed by atoms with E-state index in [9.17, 15) is 23.1 Å². The molecule has 0 radical (unpaired) electrons. The Bertz CT molecular complexity index is 1250. The Labute approximate surface area is 205 Å². The van der Waals surface area contributed by atoms with E-state index in [2.05, 4.69) is 9.88 Å². The van der Waals surface area contributed by atoms with Gasteiger partial charge in [-0.2, -0.15) is 13.2 Å². The molecule has 10 heteroatoms. The van der Waals surface area contributed by atoms with Gasteiger partial charge in [-0.15, -0.1) is 0 Å². The summed E-state index contributed by atoms with van der Waals surface area (Å²) in [5.41, 5.74) is 2.15. The van der Waals surface area contributed by atoms with Gasteiger partial charge in [0.25, 0.3) is 0 Å². The fraction of sp³-hybridized carbons (Fsp3) is 0.417. The molecule has 0 bridgehead atoms. The Morgan fingerprint density at radius 1 is 1.21 bits per heavy atom. The van der Waals surface area contributed by atoms with Gasteiger partial charge < -0.3 is 9.67 Å². The summed E-state index contributed by atoms with van der Waals surface area (Å²) in [6.07, 6.45) is -3.01. The zero-order chi connectivity index (χ0) is 24.8. The van der Waals surface area contributed by atoms with Crippen LogP contribution in [0.25, 0.3) is 11.0 Å². The van der Waals surface area contributed by atoms with E-state index in [1.807, 2.05) is 12.1 Å². The quantitative estimate of drug-likeness (QED) is 0.448. The third-order valence-corrected chi connectivity index (χ3v) is 7.37. The first kappa shape index (κ1) is 24.8. The van der Waals surface area contributed by atoms with Crippen LogP contribution in [-0.2, 0) is 31.0 Å². The minimum absolute atomic E-state index is 0.257. The fourth-order valence-electron chi connectivity index (χ4n) is 4.50. The lowest BCUT2D eigenvalue weighted by Gasteiger charge is -2.30. The molecule has 0 spiro atoms. The molecule has 3 aromatic rings. The van der Waals surface area contributed by atoms with Crippen LogP contribution in [0.1, 0.15) is 40.9 Å². The molecule has 4 rings (SSSR count). The van der Waals surface area contributed by atoms with Gasteiger partial charge in [-0.1, -0.05) is 29.3 Å². The number of likely N-dealkylation sites (tertiary alicyclic amines) is 1. The van der Waals surface area contributed by atoms with Crippen LogP contribution in [-0.4, -0.2) is 38.6 Å². The second-order valence-electron chi connectivity index (χ2n) is 8.82. The average Bonchev–Trinajstić information content (AvgIpc) is 3.09. The second kappa shape index (κ2) is 9.40. The number of carbonyl (C=O) groups is 1. The molecule has 0 atom stereocenters. The summed E-state index contributed by atoms with van der Waals surface area (Å²) in [7, 11) is 1.68. The standard InChI is InChI=1S/C24H24Cl2F3N3O2/c1-13-9-20(24(27,28)29)30-22-17(13)10-16(31(22)2)11-18-19(25)4-3-15(21(18)26)12-32-7-5-14(6-8-32)23(33)34/h3-4,9-10,14H,5-8,11-12H2,1-2H3,(H,33,34). The molecule has 34 heavy (non-hydrogen) atoms. The molecule has 5 nitrogen and oxygen atoms in total. The highest BCUT2D eigenvalue weighted by molar-refractivity contribution is 6.36. The van der Waals surface area contributed by atoms with Crippen LogP contribution in [0.4, 0.5) is 13.2 Å². The molecule has 1 fully saturated rings. The van der Waals surface area contributed by atoms with Crippen molar-refractivity contribution in [2.45, 2.75) is 38.9 Å². The van der Waals surface area contributed by atoms with E-state index >= 15 is 0 Å². The Balaban J connectivity index is 1.61. The highest BCUT2D eigenvalue weighted by Crippen LogP contribution is 2.35. The zero-order valence-corrected chi connectivity index (χ0v) is 20.2. The first-order chi connectivity index (χ1) is 16.0. The Hall–Kier alpha value is -2.29. The molecule has 0 amide bonds. The number of carboxylic acids is 1. The number of hydrogen-bond donors (Lipinski definition) is 1. The third-order valence-electron chi connectivity index (χ3n) is 6.55. The van der Waals surface area contributed by atoms with E-state index < -0.39 is 17.8 Å². The molecular weight excluding hydrogens is 490 g/mol. The predicted octanol–water partition coefficient (Wildman–Crippen LogP) is 6.09. The Morgan fingerprint density at radius 2 is 1.88 bits per heavy atom. The highest BCUT2D eigenvalue weighted by Gasteiger charge is 2.33. The van der Waals surface area contributed by atoms with Crippen molar-refractivity contribution in [1.82, 2.24) is 14.5 Å². The number of pyridine rings is 1. The van der Waals surface area contributed by atoms with Crippen molar-refractivity contribution in [3.8, 4) is 0 Å². The molecule has 0 aliphatic carbocycles. The smallest absolute Gasteiger partial charge is 0.433 e. The van der Waals surface area contributed by atoms with Gasteiger partial charge in [0.1, 0.15) is 11.3 Å². The number of carboxylic acid groups (broad SMARTS) is 1. The largest absolute Gasteiger partial charge is 0.481 e. The lowest BCUT2D eigenvalue weighted by atomic mass is 9.96. The number of aromatic nitrogens is 2. The number of piperidine rings is 1. The zero-order valence-electron chi connectivity index (χ0n) is 18.7. The molecule has 1 aliphatic heterocycles. The molecule has 1 N–H and O–H groups in total. The van der Waals surface area contributed by atoms with Crippen molar-refractivity contribution in [3.63, 3.8) is 0 Å². The molecule has 0 unspecified atom stereocenters. The summed E-state index contributed by atoms with van der Waals surface area (Å²) in [4.78, 5) is 17.2. The molecule has 0 saturated carbocycles. The van der Waals surface area contributed by atoms with Crippen molar-refractivity contribution in [1.29, 1.82) is 0 Å². The van der Waals surface area contributed by atoms with Gasteiger partial charge in [-0.05, 0) is 67.7 Å². The topological polar surface area (TPSA) is 58.4 Å².